The Morgan fingerprint density at radius 1 is 1.57 bits per heavy atom. The Labute approximate surface area is 131 Å². The lowest BCUT2D eigenvalue weighted by Gasteiger charge is -2.09. The number of rotatable bonds is 5. The largest absolute Gasteiger partial charge is 0.447 e. The highest BCUT2D eigenvalue weighted by molar-refractivity contribution is 5.84. The first-order valence-electron chi connectivity index (χ1n) is 9.36. The number of carbonyl (C=O) groups is 1. The molecule has 0 aliphatic carbocycles. The summed E-state index contributed by atoms with van der Waals surface area (Å²) in [5.74, 6) is 0. The van der Waals surface area contributed by atoms with Crippen LogP contribution >= 0.6 is 0 Å². The van der Waals surface area contributed by atoms with E-state index in [1.165, 1.54) is 4.90 Å². The number of hydrogen-bond donors (Lipinski definition) is 2. The molecule has 2 aromatic rings. The van der Waals surface area contributed by atoms with Gasteiger partial charge in [0.1, 0.15) is 6.56 Å². The zero-order valence-corrected chi connectivity index (χ0v) is 11.8. The van der Waals surface area contributed by atoms with Crippen molar-refractivity contribution < 1.29 is 16.4 Å². The van der Waals surface area contributed by atoms with Crippen molar-refractivity contribution in [2.75, 3.05) is 27.1 Å². The molecule has 1 fully saturated rings. The summed E-state index contributed by atoms with van der Waals surface area (Å²) in [6.07, 6.45) is 1.98. The summed E-state index contributed by atoms with van der Waals surface area (Å²) in [5.41, 5.74) is 2.78. The lowest BCUT2D eigenvalue weighted by Crippen LogP contribution is -2.28. The molecule has 1 saturated heterocycles. The number of H-pyrrole nitrogens is 1. The van der Waals surface area contributed by atoms with Crippen LogP contribution in [0.3, 0.4) is 0 Å². The van der Waals surface area contributed by atoms with Crippen LogP contribution in [0.1, 0.15) is 18.0 Å². The van der Waals surface area contributed by atoms with Gasteiger partial charge in [0.05, 0.1) is 8.78 Å². The molecule has 5 nitrogen and oxygen atoms in total. The minimum absolute atomic E-state index is 0.300. The van der Waals surface area contributed by atoms with Crippen molar-refractivity contribution >= 4 is 17.0 Å². The molecule has 1 amide bonds. The number of benzene rings is 1. The molecule has 1 aromatic carbocycles. The standard InChI is InChI=1S/C16H21N3O2/c1-19(2)6-5-12-9-17-15-4-3-11(8-14(12)15)7-13-10-21-16(20)18-13/h3-4,8-9,13,17H,5-7,10H2,1-2H3,(H,18,20)/t13-/m0/s1/i1D3,10D2. The minimum atomic E-state index is -2.12. The van der Waals surface area contributed by atoms with E-state index in [1.807, 2.05) is 24.4 Å². The Balaban J connectivity index is 1.77. The van der Waals surface area contributed by atoms with Crippen molar-refractivity contribution in [3.8, 4) is 0 Å². The molecule has 1 aromatic heterocycles. The van der Waals surface area contributed by atoms with Gasteiger partial charge in [0.15, 0.2) is 0 Å². The molecule has 5 heteroatoms. The van der Waals surface area contributed by atoms with Crippen LogP contribution in [-0.2, 0) is 17.6 Å². The highest BCUT2D eigenvalue weighted by Crippen LogP contribution is 2.21. The van der Waals surface area contributed by atoms with Crippen LogP contribution in [0.25, 0.3) is 10.9 Å². The van der Waals surface area contributed by atoms with Crippen molar-refractivity contribution in [3.05, 3.63) is 35.5 Å². The van der Waals surface area contributed by atoms with E-state index in [1.54, 1.807) is 7.05 Å². The third-order valence-corrected chi connectivity index (χ3v) is 3.57. The Hall–Kier alpha value is -2.01. The van der Waals surface area contributed by atoms with Gasteiger partial charge in [-0.15, -0.1) is 0 Å². The van der Waals surface area contributed by atoms with Crippen LogP contribution in [0.2, 0.25) is 0 Å². The van der Waals surface area contributed by atoms with Gasteiger partial charge in [0.2, 0.25) is 0 Å². The summed E-state index contributed by atoms with van der Waals surface area (Å²) >= 11 is 0. The zero-order chi connectivity index (χ0) is 19.1. The molecule has 112 valence electrons. The maximum atomic E-state index is 11.3. The molecule has 0 unspecified atom stereocenters. The van der Waals surface area contributed by atoms with E-state index in [9.17, 15) is 4.79 Å². The van der Waals surface area contributed by atoms with Crippen molar-refractivity contribution in [3.63, 3.8) is 0 Å². The summed E-state index contributed by atoms with van der Waals surface area (Å²) in [4.78, 5) is 15.8. The summed E-state index contributed by atoms with van der Waals surface area (Å²) in [5, 5.41) is 3.46. The maximum Gasteiger partial charge on any atom is 0.407 e. The summed E-state index contributed by atoms with van der Waals surface area (Å²) in [6, 6.07) is 4.96. The zero-order valence-electron chi connectivity index (χ0n) is 16.8. The number of likely N-dealkylation sites (N-methyl/N-ethyl adjacent to an activating group) is 1. The highest BCUT2D eigenvalue weighted by Gasteiger charge is 2.22. The number of aromatic nitrogens is 1. The Bertz CT molecular complexity index is 818. The number of aromatic amines is 1. The molecule has 2 heterocycles. The number of carbonyl (C=O) groups excluding carboxylic acids is 1. The molecule has 0 bridgehead atoms. The summed E-state index contributed by atoms with van der Waals surface area (Å²) in [6.45, 7) is -3.78. The number of ether oxygens (including phenoxy) is 1. The number of nitrogens with one attached hydrogen (secondary N) is 2. The average Bonchev–Trinajstić information content (AvgIpc) is 3.03. The average molecular weight is 292 g/mol. The predicted octanol–water partition coefficient (Wildman–Crippen LogP) is 1.92. The van der Waals surface area contributed by atoms with Gasteiger partial charge >= 0.3 is 6.09 Å². The van der Waals surface area contributed by atoms with Crippen LogP contribution in [0, 0.1) is 0 Å². The van der Waals surface area contributed by atoms with E-state index in [2.05, 4.69) is 15.0 Å². The van der Waals surface area contributed by atoms with E-state index in [-0.39, 0.29) is 0 Å². The van der Waals surface area contributed by atoms with Crippen LogP contribution in [-0.4, -0.2) is 49.1 Å². The topological polar surface area (TPSA) is 57.4 Å². The van der Waals surface area contributed by atoms with E-state index in [4.69, 9.17) is 6.85 Å². The highest BCUT2D eigenvalue weighted by atomic mass is 16.6. The first kappa shape index (κ1) is 9.10. The molecule has 2 N–H and O–H groups in total. The van der Waals surface area contributed by atoms with Gasteiger partial charge in [-0.25, -0.2) is 4.79 Å². The fraction of sp³-hybridized carbons (Fsp3) is 0.438. The number of alkyl carbamates (subject to hydrolysis) is 1. The minimum Gasteiger partial charge on any atom is -0.447 e. The van der Waals surface area contributed by atoms with Crippen LogP contribution < -0.4 is 5.32 Å². The number of nitrogens with zero attached hydrogens (tertiary/aromatic N) is 1. The number of amides is 1. The van der Waals surface area contributed by atoms with Gasteiger partial charge in [-0.05, 0) is 50.1 Å². The molecule has 0 radical (unpaired) electrons. The van der Waals surface area contributed by atoms with Crippen molar-refractivity contribution in [2.45, 2.75) is 18.9 Å². The van der Waals surface area contributed by atoms with Gasteiger partial charge in [-0.1, -0.05) is 6.07 Å². The lowest BCUT2D eigenvalue weighted by molar-refractivity contribution is 0.177. The molecule has 21 heavy (non-hydrogen) atoms. The first-order chi connectivity index (χ1) is 12.1. The van der Waals surface area contributed by atoms with Crippen molar-refractivity contribution in [1.29, 1.82) is 0 Å². The maximum absolute atomic E-state index is 11.3. The Morgan fingerprint density at radius 2 is 2.48 bits per heavy atom. The van der Waals surface area contributed by atoms with Crippen LogP contribution in [0.5, 0.6) is 0 Å². The molecule has 1 aliphatic heterocycles. The second-order valence-electron chi connectivity index (χ2n) is 5.27. The van der Waals surface area contributed by atoms with E-state index in [0.29, 0.717) is 19.4 Å². The van der Waals surface area contributed by atoms with E-state index < -0.39 is 25.7 Å². The van der Waals surface area contributed by atoms with Gasteiger partial charge < -0.3 is 19.9 Å². The number of fused-ring (bicyclic) bond motifs is 1. The van der Waals surface area contributed by atoms with E-state index in [0.717, 1.165) is 22.0 Å². The summed E-state index contributed by atoms with van der Waals surface area (Å²) in [7, 11) is 1.57. The van der Waals surface area contributed by atoms with Gasteiger partial charge in [0, 0.05) is 27.8 Å². The van der Waals surface area contributed by atoms with Gasteiger partial charge in [-0.3, -0.25) is 0 Å². The normalized spacial score (nSPS) is 24.8. The van der Waals surface area contributed by atoms with Gasteiger partial charge in [0.25, 0.3) is 0 Å². The molecule has 3 rings (SSSR count). The Kier molecular flexibility index (Phi) is 2.50. The monoisotopic (exact) mass is 292 g/mol. The molecule has 1 aliphatic rings. The summed E-state index contributed by atoms with van der Waals surface area (Å²) < 4.78 is 42.4. The second-order valence-corrected chi connectivity index (χ2v) is 5.27. The molecule has 0 spiro atoms. The lowest BCUT2D eigenvalue weighted by atomic mass is 10.0. The Morgan fingerprint density at radius 3 is 3.24 bits per heavy atom. The third-order valence-electron chi connectivity index (χ3n) is 3.57. The molecule has 1 atom stereocenters. The predicted molar refractivity (Wildman–Crippen MR) is 82.5 cm³/mol. The molecular weight excluding hydrogens is 266 g/mol. The first-order valence-corrected chi connectivity index (χ1v) is 6.86. The third kappa shape index (κ3) is 3.19. The number of hydrogen-bond acceptors (Lipinski definition) is 3. The molecule has 0 saturated carbocycles. The van der Waals surface area contributed by atoms with Crippen LogP contribution in [0.4, 0.5) is 4.79 Å². The fourth-order valence-corrected chi connectivity index (χ4v) is 2.50. The van der Waals surface area contributed by atoms with Crippen LogP contribution in [0.15, 0.2) is 24.4 Å². The van der Waals surface area contributed by atoms with Crippen molar-refractivity contribution in [1.82, 2.24) is 15.2 Å². The SMILES string of the molecule is [2H]C1([2H])OC(=O)N[C@H]1Cc1ccc2[nH]cc(CCN(C)C([2H])([2H])[2H])c2c1. The van der Waals surface area contributed by atoms with Gasteiger partial charge in [-0.2, -0.15) is 0 Å². The second kappa shape index (κ2) is 5.77. The number of cyclic esters (lactones) is 1. The molecular formula is C16H21N3O2. The van der Waals surface area contributed by atoms with E-state index >= 15 is 0 Å². The quantitative estimate of drug-likeness (QED) is 0.885. The van der Waals surface area contributed by atoms with Crippen molar-refractivity contribution in [2.24, 2.45) is 0 Å². The smallest absolute Gasteiger partial charge is 0.407 e. The fourth-order valence-electron chi connectivity index (χ4n) is 2.50.